The summed E-state index contributed by atoms with van der Waals surface area (Å²) in [6.45, 7) is 2.90. The van der Waals surface area contributed by atoms with Crippen molar-refractivity contribution < 1.29 is 57.7 Å². The van der Waals surface area contributed by atoms with E-state index in [4.69, 9.17) is 18.6 Å². The largest absolute Gasteiger partial charge is 0.766 e. The highest BCUT2D eigenvalue weighted by Gasteiger charge is 2.36. The van der Waals surface area contributed by atoms with Gasteiger partial charge in [0.25, 0.3) is 5.69 Å². The third-order valence-corrected chi connectivity index (χ3v) is 4.19. The number of aromatic nitrogens is 2. The number of ether oxygens (including phenoxy) is 1. The summed E-state index contributed by atoms with van der Waals surface area (Å²) in [4.78, 5) is 10.3. The van der Waals surface area contributed by atoms with Gasteiger partial charge in [0, 0.05) is 6.07 Å². The lowest BCUT2D eigenvalue weighted by Crippen LogP contribution is -2.28. The maximum absolute atomic E-state index is 10.8. The number of nitro groups is 1. The number of nitrogens with one attached hydrogen (secondary N) is 1. The minimum absolute atomic E-state index is 0.0196. The maximum Gasteiger partial charge on any atom is 0.479 e. The normalized spacial score (nSPS) is 12.5. The van der Waals surface area contributed by atoms with Crippen molar-refractivity contribution in [2.45, 2.75) is 24.5 Å². The van der Waals surface area contributed by atoms with E-state index in [1.807, 2.05) is 34.8 Å². The van der Waals surface area contributed by atoms with Crippen LogP contribution in [0.3, 0.4) is 0 Å². The number of nitro benzene ring substituents is 1. The summed E-state index contributed by atoms with van der Waals surface area (Å²) in [5.41, 5.74) is -9.71. The predicted molar refractivity (Wildman–Crippen MR) is 99.1 cm³/mol. The van der Waals surface area contributed by atoms with E-state index in [0.717, 1.165) is 12.2 Å². The molecule has 19 heteroatoms. The van der Waals surface area contributed by atoms with E-state index in [0.29, 0.717) is 5.75 Å². The Labute approximate surface area is 184 Å². The zero-order chi connectivity index (χ0) is 26.2. The summed E-state index contributed by atoms with van der Waals surface area (Å²) < 4.78 is 109. The molecule has 0 saturated heterocycles. The van der Waals surface area contributed by atoms with E-state index < -0.39 is 37.0 Å². The molecule has 0 spiro atoms. The van der Waals surface area contributed by atoms with Gasteiger partial charge in [-0.25, -0.2) is 13.0 Å². The van der Waals surface area contributed by atoms with Gasteiger partial charge in [-0.1, -0.05) is 0 Å². The van der Waals surface area contributed by atoms with Crippen molar-refractivity contribution in [2.24, 2.45) is 0 Å². The second-order valence-corrected chi connectivity index (χ2v) is 7.80. The summed E-state index contributed by atoms with van der Waals surface area (Å²) in [6.07, 6.45) is 5.72. The fourth-order valence-corrected chi connectivity index (χ4v) is 1.72. The van der Waals surface area contributed by atoms with Crippen molar-refractivity contribution >= 4 is 26.8 Å². The van der Waals surface area contributed by atoms with Gasteiger partial charge in [-0.2, -0.15) is 30.9 Å². The zero-order valence-corrected chi connectivity index (χ0v) is 18.1. The molecule has 0 saturated carbocycles. The van der Waals surface area contributed by atoms with E-state index in [1.165, 1.54) is 19.2 Å². The second-order valence-electron chi connectivity index (χ2n) is 5.39. The van der Waals surface area contributed by atoms with Gasteiger partial charge in [-0.05, 0) is 13.0 Å². The molecule has 0 aliphatic rings. The quantitative estimate of drug-likeness (QED) is 0.194. The molecule has 1 unspecified atom stereocenters. The molecule has 2 rings (SSSR count). The molecule has 11 nitrogen and oxygen atoms in total. The average Bonchev–Trinajstić information content (AvgIpc) is 3.15. The van der Waals surface area contributed by atoms with E-state index in [-0.39, 0.29) is 5.69 Å². The minimum atomic E-state index is -5.59. The SMILES string of the molecule is CC[n+]1ccn(-c2ccc([N+](=O)[O-])cc2OC)c1.O=S([O-])C(F)(F)F.[NH-]S(=O)(=O)C(F)(F)F. The first-order valence-corrected chi connectivity index (χ1v) is 10.5. The van der Waals surface area contributed by atoms with Crippen LogP contribution in [-0.4, -0.2) is 44.8 Å². The molecule has 33 heavy (non-hydrogen) atoms. The number of halogens is 6. The van der Waals surface area contributed by atoms with Crippen molar-refractivity contribution in [3.05, 3.63) is 52.2 Å². The number of aryl methyl sites for hydroxylation is 1. The van der Waals surface area contributed by atoms with Crippen LogP contribution < -0.4 is 9.30 Å². The molecule has 1 N–H and O–H groups in total. The average molecular weight is 529 g/mol. The Hall–Kier alpha value is -2.77. The van der Waals surface area contributed by atoms with E-state index >= 15 is 0 Å². The second kappa shape index (κ2) is 11.9. The summed E-state index contributed by atoms with van der Waals surface area (Å²) in [5.74, 6) is 0.475. The molecule has 0 fully saturated rings. The Balaban J connectivity index is 0.000000569. The number of sulfonamides is 1. The lowest BCUT2D eigenvalue weighted by atomic mass is 10.2. The maximum atomic E-state index is 10.8. The predicted octanol–water partition coefficient (Wildman–Crippen LogP) is 2.98. The van der Waals surface area contributed by atoms with E-state index in [2.05, 4.69) is 0 Å². The van der Waals surface area contributed by atoms with Crippen LogP contribution in [0.25, 0.3) is 10.8 Å². The van der Waals surface area contributed by atoms with Crippen LogP contribution in [0.5, 0.6) is 5.75 Å². The van der Waals surface area contributed by atoms with Gasteiger partial charge in [0.1, 0.15) is 12.4 Å². The minimum Gasteiger partial charge on any atom is -0.766 e. The number of benzene rings is 1. The van der Waals surface area contributed by atoms with Gasteiger partial charge in [0.05, 0.1) is 35.7 Å². The van der Waals surface area contributed by atoms with E-state index in [9.17, 15) is 44.9 Å². The van der Waals surface area contributed by atoms with Crippen molar-refractivity contribution in [2.75, 3.05) is 7.11 Å². The molecule has 0 aliphatic carbocycles. The van der Waals surface area contributed by atoms with Crippen molar-refractivity contribution in [3.8, 4) is 11.4 Å². The third kappa shape index (κ3) is 10.1. The molecule has 1 atom stereocenters. The highest BCUT2D eigenvalue weighted by Crippen LogP contribution is 2.27. The lowest BCUT2D eigenvalue weighted by Gasteiger charge is -2.07. The Bertz CT molecular complexity index is 1070. The summed E-state index contributed by atoms with van der Waals surface area (Å²) in [7, 11) is -4.09. The molecule has 1 aromatic carbocycles. The van der Waals surface area contributed by atoms with Crippen LogP contribution in [0.2, 0.25) is 0 Å². The van der Waals surface area contributed by atoms with Crippen molar-refractivity contribution in [1.29, 1.82) is 0 Å². The Kier molecular flexibility index (Phi) is 10.9. The Morgan fingerprint density at radius 3 is 2.03 bits per heavy atom. The van der Waals surface area contributed by atoms with Crippen LogP contribution in [0.15, 0.2) is 36.9 Å². The third-order valence-electron chi connectivity index (χ3n) is 3.20. The van der Waals surface area contributed by atoms with Crippen molar-refractivity contribution in [1.82, 2.24) is 4.57 Å². The van der Waals surface area contributed by atoms with Gasteiger partial charge >= 0.3 is 11.0 Å². The van der Waals surface area contributed by atoms with Gasteiger partial charge in [0.2, 0.25) is 6.33 Å². The van der Waals surface area contributed by atoms with Crippen LogP contribution in [0.1, 0.15) is 6.92 Å². The van der Waals surface area contributed by atoms with Crippen LogP contribution in [-0.2, 0) is 27.6 Å². The Morgan fingerprint density at radius 1 is 1.24 bits per heavy atom. The lowest BCUT2D eigenvalue weighted by molar-refractivity contribution is -0.692. The Morgan fingerprint density at radius 2 is 1.73 bits per heavy atom. The highest BCUT2D eigenvalue weighted by molar-refractivity contribution is 7.93. The molecule has 0 radical (unpaired) electrons. The first-order valence-electron chi connectivity index (χ1n) is 7.97. The molecule has 188 valence electrons. The van der Waals surface area contributed by atoms with Crippen molar-refractivity contribution in [3.63, 3.8) is 0 Å². The highest BCUT2D eigenvalue weighted by atomic mass is 32.2. The molecule has 2 aromatic rings. The zero-order valence-electron chi connectivity index (χ0n) is 16.5. The molecule has 1 heterocycles. The fourth-order valence-electron chi connectivity index (χ4n) is 1.72. The van der Waals surface area contributed by atoms with Gasteiger partial charge in [-0.3, -0.25) is 14.3 Å². The number of hydrogen-bond donors (Lipinski definition) is 0. The van der Waals surface area contributed by atoms with Gasteiger partial charge in [0.15, 0.2) is 21.5 Å². The molecule has 1 aromatic heterocycles. The molecule has 0 amide bonds. The molecular weight excluding hydrogens is 514 g/mol. The summed E-state index contributed by atoms with van der Waals surface area (Å²) in [6, 6.07) is 4.57. The molecular formula is C14H15F6N4O7S2-. The first kappa shape index (κ1) is 30.2. The molecule has 0 bridgehead atoms. The number of methoxy groups -OCH3 is 1. The number of alkyl halides is 6. The molecule has 0 aliphatic heterocycles. The number of imidazole rings is 1. The monoisotopic (exact) mass is 529 g/mol. The van der Waals surface area contributed by atoms with Crippen LogP contribution >= 0.6 is 0 Å². The standard InChI is InChI=1S/C12H14N3O3.CHF3NO2S.CHF3O2S/c1-3-13-6-7-14(9-13)11-5-4-10(15(16)17)8-12(11)18-2;2-1(3,4)8(5,6)7;2-1(3,4)7(5)6/h4-9H,3H2,1-2H3;(H-,5,6,7);(H,5,6)/q+1;-1;/p-1. The fraction of sp³-hybridized carbons (Fsp3) is 0.357. The van der Waals surface area contributed by atoms with Gasteiger partial charge < -0.3 is 14.4 Å². The number of non-ortho nitro benzene ring substituents is 1. The topological polar surface area (TPSA) is 159 Å². The summed E-state index contributed by atoms with van der Waals surface area (Å²) >= 11 is -3.93. The summed E-state index contributed by atoms with van der Waals surface area (Å²) in [5, 5.41) is 16.1. The smallest absolute Gasteiger partial charge is 0.479 e. The number of rotatable bonds is 4. The van der Waals surface area contributed by atoms with Gasteiger partial charge in [-0.15, -0.1) is 0 Å². The first-order chi connectivity index (χ1) is 14.8. The van der Waals surface area contributed by atoms with E-state index in [1.54, 1.807) is 6.07 Å². The van der Waals surface area contributed by atoms with Crippen LogP contribution in [0, 0.1) is 10.1 Å². The van der Waals surface area contributed by atoms with Crippen LogP contribution in [0.4, 0.5) is 32.0 Å². The number of nitrogens with zero attached hydrogens (tertiary/aromatic N) is 3. The number of hydrogen-bond acceptors (Lipinski definition) is 7.